The standard InChI is InChI=1S/C21H17F2N7O3/c22-21(23)11-29(10-16(21)26-18(31)12-4-2-1-3-5-12)15-8-14(28-30-7-6-24-17(15)30)13-9-25-20(33)27-19(13)32/h1-9,16H,10-11H2,(H,26,31)(H2,25,27,32,33). The molecule has 1 atom stereocenters. The molecule has 1 aliphatic rings. The molecule has 1 fully saturated rings. The Morgan fingerprint density at radius 3 is 2.76 bits per heavy atom. The van der Waals surface area contributed by atoms with Crippen molar-refractivity contribution in [2.24, 2.45) is 0 Å². The third-order valence-corrected chi connectivity index (χ3v) is 5.43. The zero-order valence-corrected chi connectivity index (χ0v) is 17.0. The zero-order valence-electron chi connectivity index (χ0n) is 17.0. The van der Waals surface area contributed by atoms with Crippen LogP contribution in [0.4, 0.5) is 14.5 Å². The van der Waals surface area contributed by atoms with E-state index < -0.39 is 35.7 Å². The van der Waals surface area contributed by atoms with Crippen molar-refractivity contribution in [3.05, 3.63) is 81.4 Å². The van der Waals surface area contributed by atoms with Crippen molar-refractivity contribution in [2.75, 3.05) is 18.0 Å². The summed E-state index contributed by atoms with van der Waals surface area (Å²) in [7, 11) is 0. The van der Waals surface area contributed by atoms with Gasteiger partial charge in [-0.3, -0.25) is 14.6 Å². The summed E-state index contributed by atoms with van der Waals surface area (Å²) in [4.78, 5) is 46.1. The SMILES string of the molecule is O=C(NC1CN(c2cc(-c3c[nH]c(=O)[nH]c3=O)nn3ccnc23)CC1(F)F)c1ccccc1. The number of aromatic amines is 2. The Bertz CT molecular complexity index is 1460. The number of nitrogens with one attached hydrogen (secondary N) is 3. The van der Waals surface area contributed by atoms with Crippen molar-refractivity contribution >= 4 is 17.2 Å². The van der Waals surface area contributed by atoms with Gasteiger partial charge in [-0.05, 0) is 18.2 Å². The summed E-state index contributed by atoms with van der Waals surface area (Å²) in [6, 6.07) is 8.15. The molecule has 3 N–H and O–H groups in total. The molecule has 1 amide bonds. The average molecular weight is 453 g/mol. The van der Waals surface area contributed by atoms with E-state index in [9.17, 15) is 23.2 Å². The first kappa shape index (κ1) is 20.5. The van der Waals surface area contributed by atoms with Crippen LogP contribution in [0.15, 0.2) is 64.6 Å². The number of hydrogen-bond donors (Lipinski definition) is 3. The molecule has 1 saturated heterocycles. The molecule has 12 heteroatoms. The second-order valence-corrected chi connectivity index (χ2v) is 7.63. The van der Waals surface area contributed by atoms with Gasteiger partial charge in [0.25, 0.3) is 17.4 Å². The molecule has 4 heterocycles. The maximum atomic E-state index is 14.9. The minimum Gasteiger partial charge on any atom is -0.360 e. The predicted molar refractivity (Wildman–Crippen MR) is 115 cm³/mol. The lowest BCUT2D eigenvalue weighted by atomic mass is 10.1. The number of alkyl halides is 2. The fraction of sp³-hybridized carbons (Fsp3) is 0.190. The van der Waals surface area contributed by atoms with Crippen molar-refractivity contribution in [1.82, 2.24) is 29.9 Å². The minimum absolute atomic E-state index is 0.0614. The topological polar surface area (TPSA) is 128 Å². The van der Waals surface area contributed by atoms with Gasteiger partial charge in [0, 0.05) is 30.7 Å². The summed E-state index contributed by atoms with van der Waals surface area (Å²) >= 11 is 0. The smallest absolute Gasteiger partial charge is 0.325 e. The second-order valence-electron chi connectivity index (χ2n) is 7.63. The molecule has 168 valence electrons. The number of benzene rings is 1. The summed E-state index contributed by atoms with van der Waals surface area (Å²) in [6.45, 7) is -0.847. The molecule has 4 aromatic rings. The van der Waals surface area contributed by atoms with E-state index in [1.807, 2.05) is 0 Å². The highest BCUT2D eigenvalue weighted by Gasteiger charge is 2.49. The largest absolute Gasteiger partial charge is 0.360 e. The molecule has 1 unspecified atom stereocenters. The Morgan fingerprint density at radius 1 is 1.21 bits per heavy atom. The molecular formula is C21H17F2N7O3. The first-order valence-corrected chi connectivity index (χ1v) is 9.97. The Hall–Kier alpha value is -4.35. The van der Waals surface area contributed by atoms with Crippen molar-refractivity contribution in [3.63, 3.8) is 0 Å². The molecule has 1 aromatic carbocycles. The van der Waals surface area contributed by atoms with Gasteiger partial charge in [0.2, 0.25) is 0 Å². The number of halogens is 2. The van der Waals surface area contributed by atoms with Gasteiger partial charge in [-0.1, -0.05) is 18.2 Å². The number of hydrogen-bond acceptors (Lipinski definition) is 6. The van der Waals surface area contributed by atoms with Crippen LogP contribution in [0.2, 0.25) is 0 Å². The van der Waals surface area contributed by atoms with Crippen molar-refractivity contribution in [1.29, 1.82) is 0 Å². The number of anilines is 1. The van der Waals surface area contributed by atoms with E-state index in [2.05, 4.69) is 25.4 Å². The summed E-state index contributed by atoms with van der Waals surface area (Å²) in [5.74, 6) is -3.81. The molecule has 0 saturated carbocycles. The Balaban J connectivity index is 1.50. The second kappa shape index (κ2) is 7.65. The summed E-state index contributed by atoms with van der Waals surface area (Å²) in [6.07, 6.45) is 4.18. The van der Waals surface area contributed by atoms with Gasteiger partial charge < -0.3 is 15.2 Å². The lowest BCUT2D eigenvalue weighted by Gasteiger charge is -2.19. The maximum Gasteiger partial charge on any atom is 0.325 e. The van der Waals surface area contributed by atoms with E-state index in [0.717, 1.165) is 0 Å². The highest BCUT2D eigenvalue weighted by molar-refractivity contribution is 5.94. The molecule has 10 nitrogen and oxygen atoms in total. The van der Waals surface area contributed by atoms with E-state index in [0.29, 0.717) is 11.3 Å². The number of fused-ring (bicyclic) bond motifs is 1. The number of H-pyrrole nitrogens is 2. The van der Waals surface area contributed by atoms with E-state index in [1.165, 1.54) is 34.1 Å². The van der Waals surface area contributed by atoms with Crippen LogP contribution in [-0.4, -0.2) is 55.5 Å². The van der Waals surface area contributed by atoms with Crippen LogP contribution in [0.25, 0.3) is 16.9 Å². The molecule has 0 bridgehead atoms. The Morgan fingerprint density at radius 2 is 2.00 bits per heavy atom. The van der Waals surface area contributed by atoms with Crippen molar-refractivity contribution < 1.29 is 13.6 Å². The summed E-state index contributed by atoms with van der Waals surface area (Å²) in [5.41, 5.74) is -0.220. The van der Waals surface area contributed by atoms with Crippen LogP contribution >= 0.6 is 0 Å². The number of carbonyl (C=O) groups excluding carboxylic acids is 1. The van der Waals surface area contributed by atoms with Crippen LogP contribution in [0.1, 0.15) is 10.4 Å². The van der Waals surface area contributed by atoms with Crippen LogP contribution < -0.4 is 21.5 Å². The van der Waals surface area contributed by atoms with Crippen LogP contribution in [0, 0.1) is 0 Å². The lowest BCUT2D eigenvalue weighted by Crippen LogP contribution is -2.46. The Kier molecular flexibility index (Phi) is 4.77. The number of amides is 1. The summed E-state index contributed by atoms with van der Waals surface area (Å²) < 4.78 is 31.1. The van der Waals surface area contributed by atoms with Gasteiger partial charge in [-0.2, -0.15) is 5.10 Å². The number of rotatable bonds is 4. The molecule has 5 rings (SSSR count). The van der Waals surface area contributed by atoms with Gasteiger partial charge in [-0.25, -0.2) is 23.1 Å². The lowest BCUT2D eigenvalue weighted by molar-refractivity contribution is -0.00124. The number of carbonyl (C=O) groups is 1. The van der Waals surface area contributed by atoms with E-state index in [4.69, 9.17) is 0 Å². The van der Waals surface area contributed by atoms with Gasteiger partial charge in [0.15, 0.2) is 5.65 Å². The average Bonchev–Trinajstić information content (AvgIpc) is 3.37. The third-order valence-electron chi connectivity index (χ3n) is 5.43. The molecule has 33 heavy (non-hydrogen) atoms. The van der Waals surface area contributed by atoms with Crippen molar-refractivity contribution in [3.8, 4) is 11.3 Å². The Labute approximate surface area is 183 Å². The van der Waals surface area contributed by atoms with Crippen LogP contribution in [0.5, 0.6) is 0 Å². The first-order valence-electron chi connectivity index (χ1n) is 9.97. The van der Waals surface area contributed by atoms with Gasteiger partial charge in [0.05, 0.1) is 17.8 Å². The molecule has 3 aromatic heterocycles. The maximum absolute atomic E-state index is 14.9. The third kappa shape index (κ3) is 3.75. The van der Waals surface area contributed by atoms with Crippen LogP contribution in [0.3, 0.4) is 0 Å². The van der Waals surface area contributed by atoms with Crippen molar-refractivity contribution in [2.45, 2.75) is 12.0 Å². The van der Waals surface area contributed by atoms with E-state index in [-0.39, 0.29) is 23.4 Å². The number of aromatic nitrogens is 5. The molecular weight excluding hydrogens is 436 g/mol. The fourth-order valence-electron chi connectivity index (χ4n) is 3.81. The highest BCUT2D eigenvalue weighted by Crippen LogP contribution is 2.34. The van der Waals surface area contributed by atoms with Gasteiger partial charge in [-0.15, -0.1) is 0 Å². The quantitative estimate of drug-likeness (QED) is 0.423. The fourth-order valence-corrected chi connectivity index (χ4v) is 3.81. The summed E-state index contributed by atoms with van der Waals surface area (Å²) in [5, 5.41) is 6.72. The minimum atomic E-state index is -3.22. The van der Waals surface area contributed by atoms with Crippen LogP contribution in [-0.2, 0) is 0 Å². The van der Waals surface area contributed by atoms with Gasteiger partial charge in [0.1, 0.15) is 11.7 Å². The van der Waals surface area contributed by atoms with E-state index >= 15 is 0 Å². The number of imidazole rings is 1. The molecule has 0 aliphatic carbocycles. The van der Waals surface area contributed by atoms with Gasteiger partial charge >= 0.3 is 5.69 Å². The molecule has 0 spiro atoms. The first-order chi connectivity index (χ1) is 15.8. The number of nitrogens with zero attached hydrogens (tertiary/aromatic N) is 4. The predicted octanol–water partition coefficient (Wildman–Crippen LogP) is 1.03. The highest BCUT2D eigenvalue weighted by atomic mass is 19.3. The molecule has 0 radical (unpaired) electrons. The zero-order chi connectivity index (χ0) is 23.2. The normalized spacial score (nSPS) is 17.4. The molecule has 1 aliphatic heterocycles. The van der Waals surface area contributed by atoms with E-state index in [1.54, 1.807) is 30.3 Å². The monoisotopic (exact) mass is 453 g/mol.